The molecule has 5 nitrogen and oxygen atoms in total. The van der Waals surface area contributed by atoms with E-state index in [9.17, 15) is 9.59 Å². The van der Waals surface area contributed by atoms with Gasteiger partial charge in [0.25, 0.3) is 0 Å². The molecule has 0 aromatic heterocycles. The van der Waals surface area contributed by atoms with Gasteiger partial charge in [-0.3, -0.25) is 9.59 Å². The van der Waals surface area contributed by atoms with Crippen LogP contribution >= 0.6 is 0 Å². The molecule has 0 radical (unpaired) electrons. The summed E-state index contributed by atoms with van der Waals surface area (Å²) in [5.74, 6) is 0.415. The molecule has 1 aliphatic heterocycles. The minimum atomic E-state index is 0.201. The van der Waals surface area contributed by atoms with Gasteiger partial charge in [0.05, 0.1) is 0 Å². The molecule has 5 heteroatoms. The molecule has 0 saturated carbocycles. The van der Waals surface area contributed by atoms with Crippen LogP contribution in [0.15, 0.2) is 30.3 Å². The summed E-state index contributed by atoms with van der Waals surface area (Å²) in [6.07, 6.45) is 6.93. The van der Waals surface area contributed by atoms with Crippen molar-refractivity contribution in [1.29, 1.82) is 0 Å². The number of hydrogen-bond acceptors (Lipinski definition) is 3. The zero-order valence-corrected chi connectivity index (χ0v) is 19.2. The van der Waals surface area contributed by atoms with Gasteiger partial charge in [0.1, 0.15) is 0 Å². The number of nitrogens with zero attached hydrogens (tertiary/aromatic N) is 3. The van der Waals surface area contributed by atoms with Crippen molar-refractivity contribution >= 4 is 11.8 Å². The van der Waals surface area contributed by atoms with Crippen molar-refractivity contribution < 1.29 is 9.59 Å². The predicted octanol–water partition coefficient (Wildman–Crippen LogP) is 3.97. The van der Waals surface area contributed by atoms with Crippen molar-refractivity contribution in [1.82, 2.24) is 14.7 Å². The fraction of sp³-hybridized carbons (Fsp3) is 0.680. The molecule has 1 aromatic carbocycles. The van der Waals surface area contributed by atoms with E-state index in [1.165, 1.54) is 5.56 Å². The standard InChI is InChI=1S/C25H41N3O2/c1-3-16-27(17-4-2)24(29)14-8-15-25(30)28-20-10-19-26(21-22-28)18-9-13-23-11-6-5-7-12-23/h5-7,11-12H,3-4,8-10,13-22H2,1-2H3. The highest BCUT2D eigenvalue weighted by molar-refractivity contribution is 5.79. The Labute approximate surface area is 183 Å². The van der Waals surface area contributed by atoms with Crippen molar-refractivity contribution in [2.75, 3.05) is 45.8 Å². The molecule has 0 spiro atoms. The third kappa shape index (κ3) is 8.86. The molecule has 0 aliphatic carbocycles. The first kappa shape index (κ1) is 24.4. The van der Waals surface area contributed by atoms with Gasteiger partial charge in [-0.2, -0.15) is 0 Å². The maximum absolute atomic E-state index is 12.6. The third-order valence-corrected chi connectivity index (χ3v) is 5.84. The number of aryl methyl sites for hydroxylation is 1. The summed E-state index contributed by atoms with van der Waals surface area (Å²) in [7, 11) is 0. The van der Waals surface area contributed by atoms with Crippen molar-refractivity contribution in [3.63, 3.8) is 0 Å². The Bertz CT molecular complexity index is 614. The second-order valence-electron chi connectivity index (χ2n) is 8.40. The normalized spacial score (nSPS) is 15.1. The van der Waals surface area contributed by atoms with Crippen molar-refractivity contribution in [2.45, 2.75) is 65.2 Å². The van der Waals surface area contributed by atoms with Crippen LogP contribution in [0, 0.1) is 0 Å². The maximum Gasteiger partial charge on any atom is 0.222 e. The summed E-state index contributed by atoms with van der Waals surface area (Å²) in [4.78, 5) is 31.5. The zero-order chi connectivity index (χ0) is 21.6. The first-order valence-electron chi connectivity index (χ1n) is 12.0. The average Bonchev–Trinajstić information content (AvgIpc) is 3.00. The monoisotopic (exact) mass is 415 g/mol. The largest absolute Gasteiger partial charge is 0.343 e. The Morgan fingerprint density at radius 3 is 2.33 bits per heavy atom. The summed E-state index contributed by atoms with van der Waals surface area (Å²) in [5.41, 5.74) is 1.40. The second kappa shape index (κ2) is 14.2. The molecule has 0 unspecified atom stereocenters. The SMILES string of the molecule is CCCN(CCC)C(=O)CCCC(=O)N1CCCN(CCCc2ccccc2)CC1. The van der Waals surface area contributed by atoms with Crippen LogP contribution in [0.2, 0.25) is 0 Å². The van der Waals surface area contributed by atoms with Crippen molar-refractivity contribution in [3.8, 4) is 0 Å². The van der Waals surface area contributed by atoms with E-state index in [4.69, 9.17) is 0 Å². The zero-order valence-electron chi connectivity index (χ0n) is 19.2. The van der Waals surface area contributed by atoms with E-state index in [1.807, 2.05) is 9.80 Å². The van der Waals surface area contributed by atoms with Crippen LogP contribution in [0.4, 0.5) is 0 Å². The lowest BCUT2D eigenvalue weighted by atomic mass is 10.1. The summed E-state index contributed by atoms with van der Waals surface area (Å²) < 4.78 is 0. The molecule has 168 valence electrons. The van der Waals surface area contributed by atoms with Gasteiger partial charge in [-0.15, -0.1) is 0 Å². The third-order valence-electron chi connectivity index (χ3n) is 5.84. The van der Waals surface area contributed by atoms with Crippen LogP contribution < -0.4 is 0 Å². The summed E-state index contributed by atoms with van der Waals surface area (Å²) in [6, 6.07) is 10.6. The molecule has 1 aliphatic rings. The number of rotatable bonds is 12. The van der Waals surface area contributed by atoms with Gasteiger partial charge >= 0.3 is 0 Å². The molecule has 1 saturated heterocycles. The molecule has 0 atom stereocenters. The molecular weight excluding hydrogens is 374 g/mol. The van der Waals surface area contributed by atoms with Crippen molar-refractivity contribution in [3.05, 3.63) is 35.9 Å². The highest BCUT2D eigenvalue weighted by atomic mass is 16.2. The van der Waals surface area contributed by atoms with E-state index in [0.29, 0.717) is 19.3 Å². The van der Waals surface area contributed by atoms with E-state index in [2.05, 4.69) is 49.1 Å². The predicted molar refractivity (Wildman–Crippen MR) is 123 cm³/mol. The molecule has 30 heavy (non-hydrogen) atoms. The van der Waals surface area contributed by atoms with Crippen LogP contribution in [-0.2, 0) is 16.0 Å². The summed E-state index contributed by atoms with van der Waals surface area (Å²) in [5, 5.41) is 0. The lowest BCUT2D eigenvalue weighted by Crippen LogP contribution is -2.36. The second-order valence-corrected chi connectivity index (χ2v) is 8.40. The van der Waals surface area contributed by atoms with Crippen LogP contribution in [-0.4, -0.2) is 72.3 Å². The first-order valence-corrected chi connectivity index (χ1v) is 12.0. The Morgan fingerprint density at radius 2 is 1.63 bits per heavy atom. The van der Waals surface area contributed by atoms with Crippen LogP contribution in [0.5, 0.6) is 0 Å². The molecular formula is C25H41N3O2. The average molecular weight is 416 g/mol. The molecule has 0 bridgehead atoms. The lowest BCUT2D eigenvalue weighted by molar-refractivity contribution is -0.132. The van der Waals surface area contributed by atoms with Gasteiger partial charge in [-0.1, -0.05) is 44.2 Å². The van der Waals surface area contributed by atoms with E-state index < -0.39 is 0 Å². The van der Waals surface area contributed by atoms with Crippen LogP contribution in [0.3, 0.4) is 0 Å². The minimum absolute atomic E-state index is 0.201. The van der Waals surface area contributed by atoms with Gasteiger partial charge in [0, 0.05) is 45.6 Å². The number of hydrogen-bond donors (Lipinski definition) is 0. The topological polar surface area (TPSA) is 43.9 Å². The first-order chi connectivity index (χ1) is 14.6. The van der Waals surface area contributed by atoms with Gasteiger partial charge in [-0.25, -0.2) is 0 Å². The highest BCUT2D eigenvalue weighted by Crippen LogP contribution is 2.10. The van der Waals surface area contributed by atoms with Gasteiger partial charge in [0.15, 0.2) is 0 Å². The Kier molecular flexibility index (Phi) is 11.5. The number of benzene rings is 1. The van der Waals surface area contributed by atoms with Gasteiger partial charge in [0.2, 0.25) is 11.8 Å². The Balaban J connectivity index is 1.65. The van der Waals surface area contributed by atoms with Gasteiger partial charge < -0.3 is 14.7 Å². The van der Waals surface area contributed by atoms with Crippen LogP contribution in [0.1, 0.15) is 64.4 Å². The van der Waals surface area contributed by atoms with E-state index in [-0.39, 0.29) is 11.8 Å². The Morgan fingerprint density at radius 1 is 0.900 bits per heavy atom. The quantitative estimate of drug-likeness (QED) is 0.519. The molecule has 1 heterocycles. The number of carbonyl (C=O) groups is 2. The molecule has 2 amide bonds. The summed E-state index contributed by atoms with van der Waals surface area (Å²) >= 11 is 0. The van der Waals surface area contributed by atoms with Crippen molar-refractivity contribution in [2.24, 2.45) is 0 Å². The minimum Gasteiger partial charge on any atom is -0.343 e. The van der Waals surface area contributed by atoms with E-state index >= 15 is 0 Å². The number of carbonyl (C=O) groups excluding carboxylic acids is 2. The lowest BCUT2D eigenvalue weighted by Gasteiger charge is -2.23. The summed E-state index contributed by atoms with van der Waals surface area (Å²) in [6.45, 7) is 10.6. The fourth-order valence-corrected chi connectivity index (χ4v) is 4.20. The number of amides is 2. The maximum atomic E-state index is 12.6. The van der Waals surface area contributed by atoms with Crippen LogP contribution in [0.25, 0.3) is 0 Å². The Hall–Kier alpha value is -1.88. The molecule has 1 aromatic rings. The van der Waals surface area contributed by atoms with Gasteiger partial charge in [-0.05, 0) is 57.2 Å². The van der Waals surface area contributed by atoms with E-state index in [0.717, 1.165) is 77.9 Å². The molecule has 1 fully saturated rings. The fourth-order valence-electron chi connectivity index (χ4n) is 4.20. The smallest absolute Gasteiger partial charge is 0.222 e. The molecule has 0 N–H and O–H groups in total. The molecule has 2 rings (SSSR count). The van der Waals surface area contributed by atoms with E-state index in [1.54, 1.807) is 0 Å². The highest BCUT2D eigenvalue weighted by Gasteiger charge is 2.19.